The highest BCUT2D eigenvalue weighted by Gasteiger charge is 2.19. The van der Waals surface area contributed by atoms with E-state index in [1.54, 1.807) is 0 Å². The number of nitrogens with one attached hydrogen (secondary N) is 1. The van der Waals surface area contributed by atoms with Crippen molar-refractivity contribution in [1.29, 1.82) is 0 Å². The summed E-state index contributed by atoms with van der Waals surface area (Å²) in [6.07, 6.45) is 3.19. The van der Waals surface area contributed by atoms with Gasteiger partial charge in [-0.15, -0.1) is 0 Å². The SMILES string of the molecule is CCc1nn(C)c(CC(NC)C(C)CC)c1Br. The van der Waals surface area contributed by atoms with Crippen LogP contribution in [0.3, 0.4) is 0 Å². The van der Waals surface area contributed by atoms with Crippen LogP contribution in [0.2, 0.25) is 0 Å². The zero-order valence-electron chi connectivity index (χ0n) is 11.5. The molecule has 1 aromatic rings. The Hall–Kier alpha value is -0.350. The Morgan fingerprint density at radius 1 is 1.41 bits per heavy atom. The van der Waals surface area contributed by atoms with Gasteiger partial charge >= 0.3 is 0 Å². The molecule has 4 heteroatoms. The topological polar surface area (TPSA) is 29.9 Å². The van der Waals surface area contributed by atoms with Crippen LogP contribution in [-0.4, -0.2) is 22.9 Å². The number of halogens is 1. The number of hydrogen-bond donors (Lipinski definition) is 1. The van der Waals surface area contributed by atoms with Crippen molar-refractivity contribution in [2.45, 2.75) is 46.1 Å². The van der Waals surface area contributed by atoms with E-state index in [9.17, 15) is 0 Å². The van der Waals surface area contributed by atoms with Gasteiger partial charge in [0.05, 0.1) is 15.9 Å². The second kappa shape index (κ2) is 6.55. The Kier molecular flexibility index (Phi) is 5.67. The van der Waals surface area contributed by atoms with Crippen molar-refractivity contribution in [2.24, 2.45) is 13.0 Å². The number of hydrogen-bond acceptors (Lipinski definition) is 2. The minimum atomic E-state index is 0.511. The molecule has 98 valence electrons. The van der Waals surface area contributed by atoms with Crippen LogP contribution in [-0.2, 0) is 19.9 Å². The molecule has 1 heterocycles. The van der Waals surface area contributed by atoms with Crippen LogP contribution < -0.4 is 5.32 Å². The number of aryl methyl sites for hydroxylation is 2. The second-order valence-corrected chi connectivity index (χ2v) is 5.46. The van der Waals surface area contributed by atoms with Crippen molar-refractivity contribution < 1.29 is 0 Å². The van der Waals surface area contributed by atoms with Crippen LogP contribution >= 0.6 is 15.9 Å². The highest BCUT2D eigenvalue weighted by atomic mass is 79.9. The van der Waals surface area contributed by atoms with Crippen LogP contribution in [0, 0.1) is 5.92 Å². The van der Waals surface area contributed by atoms with E-state index in [1.807, 2.05) is 18.8 Å². The van der Waals surface area contributed by atoms with E-state index < -0.39 is 0 Å². The molecular weight excluding hydrogens is 278 g/mol. The predicted molar refractivity (Wildman–Crippen MR) is 76.3 cm³/mol. The first-order valence-electron chi connectivity index (χ1n) is 6.42. The Morgan fingerprint density at radius 3 is 2.47 bits per heavy atom. The van der Waals surface area contributed by atoms with Crippen molar-refractivity contribution >= 4 is 15.9 Å². The fourth-order valence-electron chi connectivity index (χ4n) is 2.12. The van der Waals surface area contributed by atoms with E-state index >= 15 is 0 Å². The third-order valence-corrected chi connectivity index (χ3v) is 4.53. The van der Waals surface area contributed by atoms with Gasteiger partial charge in [-0.05, 0) is 35.3 Å². The Balaban J connectivity index is 2.89. The Morgan fingerprint density at radius 2 is 2.06 bits per heavy atom. The molecular formula is C13H24BrN3. The molecule has 0 saturated heterocycles. The lowest BCUT2D eigenvalue weighted by molar-refractivity contribution is 0.379. The summed E-state index contributed by atoms with van der Waals surface area (Å²) in [6.45, 7) is 6.68. The number of nitrogens with zero attached hydrogens (tertiary/aromatic N) is 2. The van der Waals surface area contributed by atoms with Crippen LogP contribution in [0.4, 0.5) is 0 Å². The maximum atomic E-state index is 4.54. The largest absolute Gasteiger partial charge is 0.316 e. The molecule has 2 unspecified atom stereocenters. The summed E-state index contributed by atoms with van der Waals surface area (Å²) in [5.41, 5.74) is 2.45. The van der Waals surface area contributed by atoms with Gasteiger partial charge < -0.3 is 5.32 Å². The normalized spacial score (nSPS) is 14.9. The Labute approximate surface area is 113 Å². The molecule has 0 spiro atoms. The highest BCUT2D eigenvalue weighted by molar-refractivity contribution is 9.10. The average molecular weight is 302 g/mol. The molecule has 0 aromatic carbocycles. The van der Waals surface area contributed by atoms with Crippen molar-refractivity contribution in [3.8, 4) is 0 Å². The van der Waals surface area contributed by atoms with Gasteiger partial charge in [-0.25, -0.2) is 0 Å². The van der Waals surface area contributed by atoms with Gasteiger partial charge in [0.25, 0.3) is 0 Å². The van der Waals surface area contributed by atoms with E-state index in [0.717, 1.165) is 18.5 Å². The fraction of sp³-hybridized carbons (Fsp3) is 0.769. The molecule has 0 amide bonds. The van der Waals surface area contributed by atoms with Crippen molar-refractivity contribution in [1.82, 2.24) is 15.1 Å². The summed E-state index contributed by atoms with van der Waals surface area (Å²) < 4.78 is 3.20. The molecule has 1 rings (SSSR count). The maximum absolute atomic E-state index is 4.54. The number of aromatic nitrogens is 2. The minimum absolute atomic E-state index is 0.511. The van der Waals surface area contributed by atoms with Gasteiger partial charge in [-0.2, -0.15) is 5.10 Å². The molecule has 1 N–H and O–H groups in total. The molecule has 1 aromatic heterocycles. The van der Waals surface area contributed by atoms with Gasteiger partial charge in [-0.1, -0.05) is 27.2 Å². The van der Waals surface area contributed by atoms with Crippen molar-refractivity contribution in [3.63, 3.8) is 0 Å². The lowest BCUT2D eigenvalue weighted by Gasteiger charge is -2.22. The van der Waals surface area contributed by atoms with Crippen LogP contribution in [0.15, 0.2) is 4.47 Å². The summed E-state index contributed by atoms with van der Waals surface area (Å²) in [4.78, 5) is 0. The number of likely N-dealkylation sites (N-methyl/N-ethyl adjacent to an activating group) is 1. The lowest BCUT2D eigenvalue weighted by Crippen LogP contribution is -2.34. The summed E-state index contributed by atoms with van der Waals surface area (Å²) in [5.74, 6) is 0.673. The standard InChI is InChI=1S/C13H24BrN3/c1-6-9(3)11(15-4)8-12-13(14)10(7-2)16-17(12)5/h9,11,15H,6-8H2,1-5H3. The zero-order chi connectivity index (χ0) is 13.0. The van der Waals surface area contributed by atoms with Crippen molar-refractivity contribution in [2.75, 3.05) is 7.05 Å². The molecule has 0 saturated carbocycles. The Bertz CT molecular complexity index is 360. The quantitative estimate of drug-likeness (QED) is 0.875. The average Bonchev–Trinajstić information content (AvgIpc) is 2.61. The van der Waals surface area contributed by atoms with Crippen LogP contribution in [0.1, 0.15) is 38.6 Å². The molecule has 2 atom stereocenters. The molecule has 0 fully saturated rings. The lowest BCUT2D eigenvalue weighted by atomic mass is 9.95. The molecule has 0 aliphatic rings. The van der Waals surface area contributed by atoms with Crippen LogP contribution in [0.5, 0.6) is 0 Å². The molecule has 0 bridgehead atoms. The van der Waals surface area contributed by atoms with Gasteiger partial charge in [0.15, 0.2) is 0 Å². The van der Waals surface area contributed by atoms with E-state index in [2.05, 4.69) is 47.1 Å². The highest BCUT2D eigenvalue weighted by Crippen LogP contribution is 2.24. The summed E-state index contributed by atoms with van der Waals surface area (Å²) in [6, 6.07) is 0.511. The molecule has 0 aliphatic carbocycles. The van der Waals surface area contributed by atoms with Crippen molar-refractivity contribution in [3.05, 3.63) is 15.9 Å². The summed E-state index contributed by atoms with van der Waals surface area (Å²) in [5, 5.41) is 7.96. The van der Waals surface area contributed by atoms with Crippen LogP contribution in [0.25, 0.3) is 0 Å². The van der Waals surface area contributed by atoms with E-state index in [4.69, 9.17) is 0 Å². The first-order chi connectivity index (χ1) is 8.04. The number of rotatable bonds is 6. The third kappa shape index (κ3) is 3.32. The third-order valence-electron chi connectivity index (χ3n) is 3.62. The molecule has 0 aliphatic heterocycles. The molecule has 3 nitrogen and oxygen atoms in total. The van der Waals surface area contributed by atoms with E-state index in [-0.39, 0.29) is 0 Å². The first-order valence-corrected chi connectivity index (χ1v) is 7.21. The zero-order valence-corrected chi connectivity index (χ0v) is 13.1. The summed E-state index contributed by atoms with van der Waals surface area (Å²) >= 11 is 3.68. The van der Waals surface area contributed by atoms with Gasteiger partial charge in [0.1, 0.15) is 0 Å². The van der Waals surface area contributed by atoms with Gasteiger partial charge in [0, 0.05) is 19.5 Å². The smallest absolute Gasteiger partial charge is 0.0766 e. The monoisotopic (exact) mass is 301 g/mol. The maximum Gasteiger partial charge on any atom is 0.0766 e. The predicted octanol–water partition coefficient (Wildman–Crippen LogP) is 2.92. The van der Waals surface area contributed by atoms with E-state index in [1.165, 1.54) is 16.6 Å². The van der Waals surface area contributed by atoms with Gasteiger partial charge in [-0.3, -0.25) is 4.68 Å². The molecule has 0 radical (unpaired) electrons. The first kappa shape index (κ1) is 14.7. The van der Waals surface area contributed by atoms with E-state index in [0.29, 0.717) is 12.0 Å². The van der Waals surface area contributed by atoms with Gasteiger partial charge in [0.2, 0.25) is 0 Å². The molecule has 17 heavy (non-hydrogen) atoms. The second-order valence-electron chi connectivity index (χ2n) is 4.67. The minimum Gasteiger partial charge on any atom is -0.316 e. The fourth-order valence-corrected chi connectivity index (χ4v) is 2.90. The summed E-state index contributed by atoms with van der Waals surface area (Å²) in [7, 11) is 4.07.